The van der Waals surface area contributed by atoms with Crippen LogP contribution < -0.4 is 10.1 Å². The van der Waals surface area contributed by atoms with Crippen molar-refractivity contribution < 1.29 is 22.7 Å². The van der Waals surface area contributed by atoms with Crippen molar-refractivity contribution in [3.8, 4) is 11.8 Å². The average Bonchev–Trinajstić information content (AvgIpc) is 2.64. The van der Waals surface area contributed by atoms with Crippen molar-refractivity contribution in [1.82, 2.24) is 5.32 Å². The standard InChI is InChI=1S/C19H15F3N2O2/c1-26-16-8-6-13(7-9-16)12-24-18(25)15(11-23)10-14-4-2-3-5-17(14)19(20,21)22/h2-10H,12H2,1H3,(H,24,25)/b15-10+. The van der Waals surface area contributed by atoms with Gasteiger partial charge >= 0.3 is 6.18 Å². The lowest BCUT2D eigenvalue weighted by atomic mass is 10.0. The van der Waals surface area contributed by atoms with Crippen LogP contribution in [0.5, 0.6) is 5.75 Å². The maximum atomic E-state index is 13.0. The number of amides is 1. The molecule has 0 aliphatic rings. The van der Waals surface area contributed by atoms with Crippen LogP contribution in [0.4, 0.5) is 13.2 Å². The molecule has 26 heavy (non-hydrogen) atoms. The third-order valence-electron chi connectivity index (χ3n) is 3.54. The summed E-state index contributed by atoms with van der Waals surface area (Å²) in [7, 11) is 1.53. The Morgan fingerprint density at radius 2 is 1.85 bits per heavy atom. The van der Waals surface area contributed by atoms with Crippen LogP contribution in [-0.4, -0.2) is 13.0 Å². The molecule has 2 aromatic carbocycles. The summed E-state index contributed by atoms with van der Waals surface area (Å²) in [5.74, 6) is -0.0956. The van der Waals surface area contributed by atoms with Crippen LogP contribution in [0.3, 0.4) is 0 Å². The number of carbonyl (C=O) groups excluding carboxylic acids is 1. The predicted octanol–water partition coefficient (Wildman–Crippen LogP) is 3.94. The van der Waals surface area contributed by atoms with Crippen molar-refractivity contribution in [2.24, 2.45) is 0 Å². The quantitative estimate of drug-likeness (QED) is 0.649. The van der Waals surface area contributed by atoms with Crippen molar-refractivity contribution >= 4 is 12.0 Å². The van der Waals surface area contributed by atoms with E-state index >= 15 is 0 Å². The number of alkyl halides is 3. The molecule has 1 amide bonds. The summed E-state index contributed by atoms with van der Waals surface area (Å²) in [5, 5.41) is 11.7. The van der Waals surface area contributed by atoms with E-state index in [1.807, 2.05) is 0 Å². The molecule has 1 N–H and O–H groups in total. The van der Waals surface area contributed by atoms with Gasteiger partial charge in [0, 0.05) is 6.54 Å². The van der Waals surface area contributed by atoms with E-state index < -0.39 is 23.2 Å². The molecule has 0 bridgehead atoms. The molecule has 0 aliphatic heterocycles. The first-order valence-corrected chi connectivity index (χ1v) is 7.54. The van der Waals surface area contributed by atoms with Gasteiger partial charge in [-0.3, -0.25) is 4.79 Å². The van der Waals surface area contributed by atoms with Crippen molar-refractivity contribution in [2.75, 3.05) is 7.11 Å². The SMILES string of the molecule is COc1ccc(CNC(=O)/C(C#N)=C/c2ccccc2C(F)(F)F)cc1. The smallest absolute Gasteiger partial charge is 0.416 e. The number of nitrogens with one attached hydrogen (secondary N) is 1. The highest BCUT2D eigenvalue weighted by atomic mass is 19.4. The second-order valence-corrected chi connectivity index (χ2v) is 5.29. The van der Waals surface area contributed by atoms with E-state index in [4.69, 9.17) is 10.00 Å². The Labute approximate surface area is 148 Å². The number of hydrogen-bond acceptors (Lipinski definition) is 3. The highest BCUT2D eigenvalue weighted by Gasteiger charge is 2.32. The van der Waals surface area contributed by atoms with Gasteiger partial charge < -0.3 is 10.1 Å². The molecule has 2 aromatic rings. The lowest BCUT2D eigenvalue weighted by Crippen LogP contribution is -2.24. The first kappa shape index (κ1) is 19.1. The largest absolute Gasteiger partial charge is 0.497 e. The summed E-state index contributed by atoms with van der Waals surface area (Å²) < 4.78 is 44.1. The number of halogens is 3. The van der Waals surface area contributed by atoms with Crippen molar-refractivity contribution in [3.05, 3.63) is 70.8 Å². The molecule has 134 valence electrons. The van der Waals surface area contributed by atoms with Crippen LogP contribution in [0.2, 0.25) is 0 Å². The van der Waals surface area contributed by atoms with Gasteiger partial charge in [0.2, 0.25) is 0 Å². The lowest BCUT2D eigenvalue weighted by molar-refractivity contribution is -0.137. The molecule has 7 heteroatoms. The molecule has 0 aromatic heterocycles. The molecule has 0 aliphatic carbocycles. The summed E-state index contributed by atoms with van der Waals surface area (Å²) in [6.07, 6.45) is -3.64. The summed E-state index contributed by atoms with van der Waals surface area (Å²) >= 11 is 0. The summed E-state index contributed by atoms with van der Waals surface area (Å²) in [6.45, 7) is 0.128. The number of ether oxygens (including phenoxy) is 1. The maximum Gasteiger partial charge on any atom is 0.416 e. The number of methoxy groups -OCH3 is 1. The number of carbonyl (C=O) groups is 1. The van der Waals surface area contributed by atoms with Gasteiger partial charge in [-0.25, -0.2) is 0 Å². The molecule has 0 radical (unpaired) electrons. The van der Waals surface area contributed by atoms with Crippen LogP contribution in [-0.2, 0) is 17.5 Å². The highest BCUT2D eigenvalue weighted by Crippen LogP contribution is 2.32. The Hall–Kier alpha value is -3.27. The minimum absolute atomic E-state index is 0.128. The molecule has 0 fully saturated rings. The van der Waals surface area contributed by atoms with Gasteiger partial charge in [0.15, 0.2) is 0 Å². The van der Waals surface area contributed by atoms with Crippen LogP contribution in [0.25, 0.3) is 6.08 Å². The molecular weight excluding hydrogens is 345 g/mol. The zero-order valence-electron chi connectivity index (χ0n) is 13.8. The Morgan fingerprint density at radius 1 is 1.19 bits per heavy atom. The lowest BCUT2D eigenvalue weighted by Gasteiger charge is -2.10. The Morgan fingerprint density at radius 3 is 2.42 bits per heavy atom. The zero-order chi connectivity index (χ0) is 19.2. The van der Waals surface area contributed by atoms with Crippen LogP contribution in [0.1, 0.15) is 16.7 Å². The fraction of sp³-hybridized carbons (Fsp3) is 0.158. The van der Waals surface area contributed by atoms with Crippen molar-refractivity contribution in [2.45, 2.75) is 12.7 Å². The number of hydrogen-bond donors (Lipinski definition) is 1. The molecule has 0 unspecified atom stereocenters. The third-order valence-corrected chi connectivity index (χ3v) is 3.54. The number of nitriles is 1. The molecule has 2 rings (SSSR count). The molecule has 0 atom stereocenters. The van der Waals surface area contributed by atoms with Gasteiger partial charge in [-0.1, -0.05) is 30.3 Å². The predicted molar refractivity (Wildman–Crippen MR) is 89.9 cm³/mol. The average molecular weight is 360 g/mol. The van der Waals surface area contributed by atoms with Crippen LogP contribution in [0, 0.1) is 11.3 Å². The summed E-state index contributed by atoms with van der Waals surface area (Å²) in [6, 6.07) is 13.3. The normalized spacial score (nSPS) is 11.6. The first-order valence-electron chi connectivity index (χ1n) is 7.54. The molecule has 0 saturated heterocycles. The van der Waals surface area contributed by atoms with Crippen molar-refractivity contribution in [1.29, 1.82) is 5.26 Å². The minimum Gasteiger partial charge on any atom is -0.497 e. The van der Waals surface area contributed by atoms with E-state index in [2.05, 4.69) is 5.32 Å². The monoisotopic (exact) mass is 360 g/mol. The van der Waals surface area contributed by atoms with E-state index in [1.54, 1.807) is 30.3 Å². The van der Waals surface area contributed by atoms with E-state index in [9.17, 15) is 18.0 Å². The van der Waals surface area contributed by atoms with Crippen LogP contribution in [0.15, 0.2) is 54.1 Å². The Kier molecular flexibility index (Phi) is 6.02. The number of nitrogens with zero attached hydrogens (tertiary/aromatic N) is 1. The van der Waals surface area contributed by atoms with Crippen LogP contribution >= 0.6 is 0 Å². The third kappa shape index (κ3) is 4.86. The first-order chi connectivity index (χ1) is 12.3. The second-order valence-electron chi connectivity index (χ2n) is 5.29. The molecule has 0 spiro atoms. The van der Waals surface area contributed by atoms with Gasteiger partial charge in [0.25, 0.3) is 5.91 Å². The zero-order valence-corrected chi connectivity index (χ0v) is 13.8. The summed E-state index contributed by atoms with van der Waals surface area (Å²) in [5.41, 5.74) is -0.797. The van der Waals surface area contributed by atoms with Gasteiger partial charge in [-0.05, 0) is 35.4 Å². The van der Waals surface area contributed by atoms with E-state index in [-0.39, 0.29) is 12.1 Å². The van der Waals surface area contributed by atoms with Gasteiger partial charge in [-0.2, -0.15) is 18.4 Å². The number of rotatable bonds is 5. The molecule has 4 nitrogen and oxygen atoms in total. The molecule has 0 saturated carbocycles. The van der Waals surface area contributed by atoms with Gasteiger partial charge in [-0.15, -0.1) is 0 Å². The summed E-state index contributed by atoms with van der Waals surface area (Å²) in [4.78, 5) is 12.1. The van der Waals surface area contributed by atoms with Gasteiger partial charge in [0.1, 0.15) is 17.4 Å². The fourth-order valence-corrected chi connectivity index (χ4v) is 2.21. The second kappa shape index (κ2) is 8.21. The van der Waals surface area contributed by atoms with E-state index in [0.29, 0.717) is 5.75 Å². The minimum atomic E-state index is -4.58. The van der Waals surface area contributed by atoms with E-state index in [1.165, 1.54) is 25.3 Å². The maximum absolute atomic E-state index is 13.0. The number of benzene rings is 2. The van der Waals surface area contributed by atoms with E-state index in [0.717, 1.165) is 17.7 Å². The van der Waals surface area contributed by atoms with Crippen molar-refractivity contribution in [3.63, 3.8) is 0 Å². The van der Waals surface area contributed by atoms with Gasteiger partial charge in [0.05, 0.1) is 12.7 Å². The highest BCUT2D eigenvalue weighted by molar-refractivity contribution is 6.01. The Balaban J connectivity index is 2.16. The molecule has 0 heterocycles. The Bertz CT molecular complexity index is 850. The molecular formula is C19H15F3N2O2. The topological polar surface area (TPSA) is 62.1 Å². The fourth-order valence-electron chi connectivity index (χ4n) is 2.21.